The molecule has 3 aromatic rings. The van der Waals surface area contributed by atoms with Crippen LogP contribution in [0, 0.1) is 0 Å². The number of amides is 2. The fourth-order valence-corrected chi connectivity index (χ4v) is 3.59. The number of hydrogen-bond donors (Lipinski definition) is 4. The number of para-hydroxylation sites is 1. The first-order valence-electron chi connectivity index (χ1n) is 9.58. The number of pyridine rings is 1. The van der Waals surface area contributed by atoms with Crippen molar-refractivity contribution >= 4 is 28.4 Å². The first-order chi connectivity index (χ1) is 14.1. The zero-order valence-electron chi connectivity index (χ0n) is 15.9. The molecule has 0 radical (unpaired) electrons. The van der Waals surface area contributed by atoms with Gasteiger partial charge in [-0.2, -0.15) is 0 Å². The van der Waals surface area contributed by atoms with Crippen molar-refractivity contribution in [2.45, 2.75) is 12.5 Å². The summed E-state index contributed by atoms with van der Waals surface area (Å²) >= 11 is 0. The smallest absolute Gasteiger partial charge is 0.270 e. The molecular weight excluding hydrogens is 370 g/mol. The Morgan fingerprint density at radius 2 is 2.17 bits per heavy atom. The number of aliphatic hydroxyl groups excluding tert-OH is 1. The molecule has 1 unspecified atom stereocenters. The SMILES string of the molecule is O=C1CN(c2ccnc(C(=O)NC(CO)Cc3c[nH]c4ccccc34)c2)CCN1. The summed E-state index contributed by atoms with van der Waals surface area (Å²) in [5.41, 5.74) is 3.08. The number of piperazine rings is 1. The van der Waals surface area contributed by atoms with Gasteiger partial charge < -0.3 is 25.6 Å². The Kier molecular flexibility index (Phi) is 5.44. The quantitative estimate of drug-likeness (QED) is 0.496. The van der Waals surface area contributed by atoms with Crippen LogP contribution in [0.4, 0.5) is 5.69 Å². The standard InChI is InChI=1S/C21H23N5O3/c27-13-15(9-14-11-24-18-4-2-1-3-17(14)18)25-21(29)19-10-16(5-6-22-19)26-8-7-23-20(28)12-26/h1-6,10-11,15,24,27H,7-9,12-13H2,(H,23,28)(H,25,29). The number of benzene rings is 1. The summed E-state index contributed by atoms with van der Waals surface area (Å²) in [5, 5.41) is 16.5. The highest BCUT2D eigenvalue weighted by molar-refractivity contribution is 5.93. The van der Waals surface area contributed by atoms with Gasteiger partial charge in [0.15, 0.2) is 0 Å². The lowest BCUT2D eigenvalue weighted by Crippen LogP contribution is -2.47. The van der Waals surface area contributed by atoms with Gasteiger partial charge in [-0.05, 0) is 30.2 Å². The van der Waals surface area contributed by atoms with Gasteiger partial charge in [-0.3, -0.25) is 14.6 Å². The molecule has 1 saturated heterocycles. The zero-order chi connectivity index (χ0) is 20.2. The van der Waals surface area contributed by atoms with E-state index in [0.717, 1.165) is 22.2 Å². The largest absolute Gasteiger partial charge is 0.394 e. The van der Waals surface area contributed by atoms with Gasteiger partial charge in [-0.25, -0.2) is 0 Å². The first-order valence-corrected chi connectivity index (χ1v) is 9.58. The van der Waals surface area contributed by atoms with E-state index in [1.54, 1.807) is 18.3 Å². The van der Waals surface area contributed by atoms with E-state index in [9.17, 15) is 14.7 Å². The Balaban J connectivity index is 1.46. The lowest BCUT2D eigenvalue weighted by Gasteiger charge is -2.28. The van der Waals surface area contributed by atoms with E-state index in [1.807, 2.05) is 35.4 Å². The van der Waals surface area contributed by atoms with Crippen LogP contribution in [0.5, 0.6) is 0 Å². The van der Waals surface area contributed by atoms with Crippen molar-refractivity contribution in [2.24, 2.45) is 0 Å². The third-order valence-electron chi connectivity index (χ3n) is 5.08. The summed E-state index contributed by atoms with van der Waals surface area (Å²) in [4.78, 5) is 33.6. The summed E-state index contributed by atoms with van der Waals surface area (Å²) < 4.78 is 0. The molecule has 0 saturated carbocycles. The second-order valence-corrected chi connectivity index (χ2v) is 7.09. The van der Waals surface area contributed by atoms with Gasteiger partial charge in [0, 0.05) is 42.1 Å². The number of nitrogens with one attached hydrogen (secondary N) is 3. The molecule has 1 aromatic carbocycles. The van der Waals surface area contributed by atoms with E-state index in [1.165, 1.54) is 0 Å². The maximum absolute atomic E-state index is 12.7. The topological polar surface area (TPSA) is 110 Å². The predicted octanol–water partition coefficient (Wildman–Crippen LogP) is 0.832. The van der Waals surface area contributed by atoms with Gasteiger partial charge in [0.1, 0.15) is 5.69 Å². The minimum atomic E-state index is -0.437. The van der Waals surface area contributed by atoms with Crippen LogP contribution in [0.1, 0.15) is 16.1 Å². The summed E-state index contributed by atoms with van der Waals surface area (Å²) in [6, 6.07) is 10.9. The molecule has 150 valence electrons. The summed E-state index contributed by atoms with van der Waals surface area (Å²) in [7, 11) is 0. The predicted molar refractivity (Wildman–Crippen MR) is 110 cm³/mol. The highest BCUT2D eigenvalue weighted by Gasteiger charge is 2.20. The molecule has 2 aromatic heterocycles. The van der Waals surface area contributed by atoms with E-state index < -0.39 is 6.04 Å². The van der Waals surface area contributed by atoms with Crippen molar-refractivity contribution in [2.75, 3.05) is 31.1 Å². The highest BCUT2D eigenvalue weighted by Crippen LogP contribution is 2.19. The molecule has 0 spiro atoms. The number of hydrogen-bond acceptors (Lipinski definition) is 5. The number of H-pyrrole nitrogens is 1. The first kappa shape index (κ1) is 18.9. The monoisotopic (exact) mass is 393 g/mol. The van der Waals surface area contributed by atoms with Crippen molar-refractivity contribution < 1.29 is 14.7 Å². The van der Waals surface area contributed by atoms with Gasteiger partial charge in [0.2, 0.25) is 5.91 Å². The van der Waals surface area contributed by atoms with Gasteiger partial charge >= 0.3 is 0 Å². The lowest BCUT2D eigenvalue weighted by molar-refractivity contribution is -0.120. The van der Waals surface area contributed by atoms with Crippen molar-refractivity contribution in [3.63, 3.8) is 0 Å². The van der Waals surface area contributed by atoms with E-state index in [2.05, 4.69) is 20.6 Å². The number of aromatic amines is 1. The van der Waals surface area contributed by atoms with Crippen molar-refractivity contribution in [1.82, 2.24) is 20.6 Å². The average Bonchev–Trinajstić information content (AvgIpc) is 3.16. The van der Waals surface area contributed by atoms with Crippen molar-refractivity contribution in [3.8, 4) is 0 Å². The van der Waals surface area contributed by atoms with Crippen LogP contribution in [-0.4, -0.2) is 59.2 Å². The molecule has 3 heterocycles. The Bertz CT molecular complexity index is 1030. The second kappa shape index (κ2) is 8.32. The van der Waals surface area contributed by atoms with E-state index in [4.69, 9.17) is 0 Å². The van der Waals surface area contributed by atoms with E-state index >= 15 is 0 Å². The number of aliphatic hydroxyl groups is 1. The molecule has 29 heavy (non-hydrogen) atoms. The normalized spacial score (nSPS) is 15.2. The number of carbonyl (C=O) groups is 2. The molecule has 8 heteroatoms. The summed E-state index contributed by atoms with van der Waals surface area (Å²) in [6.45, 7) is 1.32. The average molecular weight is 393 g/mol. The number of nitrogens with zero attached hydrogens (tertiary/aromatic N) is 2. The van der Waals surface area contributed by atoms with Gasteiger partial charge in [-0.1, -0.05) is 18.2 Å². The Labute approximate surface area is 167 Å². The lowest BCUT2D eigenvalue weighted by atomic mass is 10.1. The van der Waals surface area contributed by atoms with Gasteiger partial charge in [-0.15, -0.1) is 0 Å². The molecule has 0 bridgehead atoms. The van der Waals surface area contributed by atoms with Crippen LogP contribution < -0.4 is 15.5 Å². The zero-order valence-corrected chi connectivity index (χ0v) is 15.9. The molecule has 4 rings (SSSR count). The van der Waals surface area contributed by atoms with Crippen LogP contribution in [0.3, 0.4) is 0 Å². The number of anilines is 1. The molecule has 1 atom stereocenters. The molecule has 1 fully saturated rings. The Hall–Kier alpha value is -3.39. The van der Waals surface area contributed by atoms with Gasteiger partial charge in [0.25, 0.3) is 5.91 Å². The third kappa shape index (κ3) is 4.22. The number of aromatic nitrogens is 2. The van der Waals surface area contributed by atoms with Crippen LogP contribution >= 0.6 is 0 Å². The number of carbonyl (C=O) groups excluding carboxylic acids is 2. The summed E-state index contributed by atoms with van der Waals surface area (Å²) in [6.07, 6.45) is 3.96. The third-order valence-corrected chi connectivity index (χ3v) is 5.08. The van der Waals surface area contributed by atoms with Crippen molar-refractivity contribution in [3.05, 3.63) is 60.0 Å². The molecule has 1 aliphatic rings. The highest BCUT2D eigenvalue weighted by atomic mass is 16.3. The molecule has 0 aliphatic carbocycles. The van der Waals surface area contributed by atoms with E-state index in [0.29, 0.717) is 19.5 Å². The minimum absolute atomic E-state index is 0.0434. The maximum atomic E-state index is 12.7. The molecular formula is C21H23N5O3. The summed E-state index contributed by atoms with van der Waals surface area (Å²) in [5.74, 6) is -0.398. The Morgan fingerprint density at radius 3 is 3.00 bits per heavy atom. The number of fused-ring (bicyclic) bond motifs is 1. The number of rotatable bonds is 6. The fraction of sp³-hybridized carbons (Fsp3) is 0.286. The molecule has 8 nitrogen and oxygen atoms in total. The molecule has 2 amide bonds. The van der Waals surface area contributed by atoms with Crippen molar-refractivity contribution in [1.29, 1.82) is 0 Å². The maximum Gasteiger partial charge on any atom is 0.270 e. The minimum Gasteiger partial charge on any atom is -0.394 e. The van der Waals surface area contributed by atoms with E-state index in [-0.39, 0.29) is 30.7 Å². The van der Waals surface area contributed by atoms with Crippen LogP contribution in [0.2, 0.25) is 0 Å². The Morgan fingerprint density at radius 1 is 1.31 bits per heavy atom. The van der Waals surface area contributed by atoms with Gasteiger partial charge in [0.05, 0.1) is 19.2 Å². The molecule has 1 aliphatic heterocycles. The second-order valence-electron chi connectivity index (χ2n) is 7.09. The molecule has 4 N–H and O–H groups in total. The van der Waals surface area contributed by atoms with Crippen LogP contribution in [0.15, 0.2) is 48.8 Å². The fourth-order valence-electron chi connectivity index (χ4n) is 3.59. The van der Waals surface area contributed by atoms with Crippen LogP contribution in [-0.2, 0) is 11.2 Å². The van der Waals surface area contributed by atoms with Crippen LogP contribution in [0.25, 0.3) is 10.9 Å².